The Balaban J connectivity index is 2.67. The van der Waals surface area contributed by atoms with E-state index in [0.717, 1.165) is 0 Å². The fourth-order valence-electron chi connectivity index (χ4n) is 3.18. The second kappa shape index (κ2) is 5.23. The maximum atomic E-state index is 14.3. The van der Waals surface area contributed by atoms with Gasteiger partial charge in [0.2, 0.25) is 5.43 Å². The van der Waals surface area contributed by atoms with Crippen molar-refractivity contribution in [3.63, 3.8) is 0 Å². The first-order valence-corrected chi connectivity index (χ1v) is 7.39. The fourth-order valence-corrected chi connectivity index (χ4v) is 3.34. The quantitative estimate of drug-likeness (QED) is 0.371. The van der Waals surface area contributed by atoms with Crippen LogP contribution in [0.2, 0.25) is 5.15 Å². The molecule has 0 atom stereocenters. The molecule has 0 aliphatic carbocycles. The van der Waals surface area contributed by atoms with Crippen molar-refractivity contribution >= 4 is 34.3 Å². The van der Waals surface area contributed by atoms with Gasteiger partial charge in [-0.15, -0.1) is 5.11 Å². The molecule has 2 aromatic heterocycles. The van der Waals surface area contributed by atoms with Crippen LogP contribution in [0.15, 0.2) is 15.1 Å². The summed E-state index contributed by atoms with van der Waals surface area (Å²) < 4.78 is 15.9. The fraction of sp³-hybridized carbons (Fsp3) is 0.357. The number of carbonyl (C=O) groups is 1. The van der Waals surface area contributed by atoms with Crippen molar-refractivity contribution < 1.29 is 14.3 Å². The third kappa shape index (κ3) is 2.08. The molecule has 1 aliphatic heterocycles. The summed E-state index contributed by atoms with van der Waals surface area (Å²) in [5.41, 5.74) is -1.96. The number of carboxylic acids is 1. The summed E-state index contributed by atoms with van der Waals surface area (Å²) in [5, 5.41) is 15.1. The van der Waals surface area contributed by atoms with Gasteiger partial charge in [-0.1, -0.05) is 16.8 Å². The van der Waals surface area contributed by atoms with Crippen molar-refractivity contribution in [3.05, 3.63) is 32.5 Å². The summed E-state index contributed by atoms with van der Waals surface area (Å²) >= 11 is 5.82. The molecule has 3 N–H and O–H groups in total. The lowest BCUT2D eigenvalue weighted by atomic mass is 10.0. The van der Waals surface area contributed by atoms with Crippen LogP contribution in [0.4, 0.5) is 10.1 Å². The van der Waals surface area contributed by atoms with Gasteiger partial charge in [0.15, 0.2) is 11.0 Å². The number of pyridine rings is 2. The average molecular weight is 354 g/mol. The first-order chi connectivity index (χ1) is 11.2. The average Bonchev–Trinajstić information content (AvgIpc) is 2.79. The van der Waals surface area contributed by atoms with Gasteiger partial charge in [-0.05, 0) is 26.7 Å². The van der Waals surface area contributed by atoms with Gasteiger partial charge in [-0.25, -0.2) is 14.2 Å². The van der Waals surface area contributed by atoms with Crippen LogP contribution in [0.3, 0.4) is 0 Å². The molecule has 1 aliphatic rings. The van der Waals surface area contributed by atoms with Gasteiger partial charge in [0.05, 0.1) is 5.39 Å². The Morgan fingerprint density at radius 3 is 2.75 bits per heavy atom. The summed E-state index contributed by atoms with van der Waals surface area (Å²) in [6.07, 6.45) is 0.973. The number of aromatic carboxylic acids is 1. The van der Waals surface area contributed by atoms with Crippen molar-refractivity contribution in [2.45, 2.75) is 32.2 Å². The second-order valence-corrected chi connectivity index (χ2v) is 6.44. The Hall–Kier alpha value is -2.55. The number of halogens is 2. The van der Waals surface area contributed by atoms with E-state index in [2.05, 4.69) is 15.3 Å². The maximum absolute atomic E-state index is 14.3. The molecule has 126 valence electrons. The van der Waals surface area contributed by atoms with Crippen LogP contribution in [-0.2, 0) is 12.0 Å². The smallest absolute Gasteiger partial charge is 0.341 e. The summed E-state index contributed by atoms with van der Waals surface area (Å²) in [7, 11) is 0. The van der Waals surface area contributed by atoms with Crippen molar-refractivity contribution in [3.8, 4) is 0 Å². The highest BCUT2D eigenvalue weighted by atomic mass is 35.5. The number of hydrogen-bond donors (Lipinski definition) is 2. The zero-order valence-corrected chi connectivity index (χ0v) is 13.6. The Bertz CT molecular complexity index is 983. The number of nitrogens with zero attached hydrogens (tertiary/aromatic N) is 4. The van der Waals surface area contributed by atoms with E-state index in [1.54, 1.807) is 4.57 Å². The molecule has 0 spiro atoms. The Labute approximate surface area is 139 Å². The van der Waals surface area contributed by atoms with Gasteiger partial charge < -0.3 is 15.5 Å². The van der Waals surface area contributed by atoms with E-state index in [1.807, 2.05) is 13.8 Å². The molecule has 3 rings (SSSR count). The van der Waals surface area contributed by atoms with E-state index in [0.29, 0.717) is 18.5 Å². The topological polar surface area (TPSA) is 123 Å². The highest BCUT2D eigenvalue weighted by molar-refractivity contribution is 6.30. The number of aromatic nitrogens is 2. The monoisotopic (exact) mass is 353 g/mol. The van der Waals surface area contributed by atoms with Crippen molar-refractivity contribution in [2.75, 3.05) is 0 Å². The van der Waals surface area contributed by atoms with Gasteiger partial charge >= 0.3 is 5.97 Å². The van der Waals surface area contributed by atoms with Gasteiger partial charge in [0.25, 0.3) is 0 Å². The molecule has 0 fully saturated rings. The van der Waals surface area contributed by atoms with Crippen LogP contribution in [0.1, 0.15) is 36.3 Å². The molecule has 0 saturated carbocycles. The van der Waals surface area contributed by atoms with Crippen molar-refractivity contribution in [2.24, 2.45) is 16.2 Å². The molecule has 2 aromatic rings. The molecule has 0 bridgehead atoms. The molecular formula is C14H13ClFN5O3. The lowest BCUT2D eigenvalue weighted by Gasteiger charge is -2.25. The lowest BCUT2D eigenvalue weighted by molar-refractivity contribution is 0.0693. The number of nitrogens with two attached hydrogens (primary N) is 1. The third-order valence-corrected chi connectivity index (χ3v) is 4.48. The van der Waals surface area contributed by atoms with Gasteiger partial charge in [0.1, 0.15) is 16.9 Å². The number of fused-ring (bicyclic) bond motifs is 3. The van der Waals surface area contributed by atoms with Crippen LogP contribution in [0.5, 0.6) is 0 Å². The largest absolute Gasteiger partial charge is 0.477 e. The van der Waals surface area contributed by atoms with E-state index < -0.39 is 39.2 Å². The number of hydrogen-bond acceptors (Lipinski definition) is 5. The van der Waals surface area contributed by atoms with Gasteiger partial charge in [-0.3, -0.25) is 4.79 Å². The summed E-state index contributed by atoms with van der Waals surface area (Å²) in [5.74, 6) is 2.51. The molecule has 24 heavy (non-hydrogen) atoms. The van der Waals surface area contributed by atoms with E-state index in [1.165, 1.54) is 0 Å². The van der Waals surface area contributed by atoms with E-state index in [9.17, 15) is 19.1 Å². The molecule has 0 aromatic carbocycles. The highest BCUT2D eigenvalue weighted by Crippen LogP contribution is 2.39. The van der Waals surface area contributed by atoms with Crippen molar-refractivity contribution in [1.82, 2.24) is 9.55 Å². The second-order valence-electron chi connectivity index (χ2n) is 6.08. The van der Waals surface area contributed by atoms with E-state index in [-0.39, 0.29) is 11.0 Å². The minimum absolute atomic E-state index is 0.0660. The normalized spacial score (nSPS) is 16.0. The molecule has 0 unspecified atom stereocenters. The highest BCUT2D eigenvalue weighted by Gasteiger charge is 2.37. The zero-order chi connectivity index (χ0) is 17.8. The van der Waals surface area contributed by atoms with E-state index >= 15 is 0 Å². The van der Waals surface area contributed by atoms with Crippen LogP contribution >= 0.6 is 11.6 Å². The van der Waals surface area contributed by atoms with Crippen LogP contribution in [-0.4, -0.2) is 20.6 Å². The first-order valence-electron chi connectivity index (χ1n) is 7.02. The minimum atomic E-state index is -1.39. The Morgan fingerprint density at radius 2 is 2.17 bits per heavy atom. The third-order valence-electron chi connectivity index (χ3n) is 4.23. The van der Waals surface area contributed by atoms with E-state index in [4.69, 9.17) is 17.4 Å². The van der Waals surface area contributed by atoms with Crippen LogP contribution in [0, 0.1) is 5.82 Å². The zero-order valence-electron chi connectivity index (χ0n) is 12.8. The van der Waals surface area contributed by atoms with Crippen molar-refractivity contribution in [1.29, 1.82) is 0 Å². The van der Waals surface area contributed by atoms with Gasteiger partial charge in [0, 0.05) is 11.2 Å². The summed E-state index contributed by atoms with van der Waals surface area (Å²) in [6.45, 7) is 3.73. The Morgan fingerprint density at radius 1 is 1.50 bits per heavy atom. The SMILES string of the molecule is CC1(C)CCc2c(C(=O)O)c(=O)c3c(N=NN)c(F)c(Cl)nc3n21. The molecule has 10 heteroatoms. The first kappa shape index (κ1) is 16.3. The van der Waals surface area contributed by atoms with Crippen LogP contribution < -0.4 is 11.3 Å². The standard InChI is InChI=1S/C14H13ClFN5O3/c1-14(2)4-3-5-6(13(23)24)10(22)7-9(19-20-17)8(16)11(15)18-12(7)21(5)14/h3-4H2,1-2H3,(H,23,24)(H2,17,18,19). The molecular weight excluding hydrogens is 341 g/mol. The number of carboxylic acid groups (broad SMARTS) is 1. The molecule has 8 nitrogen and oxygen atoms in total. The summed E-state index contributed by atoms with van der Waals surface area (Å²) in [4.78, 5) is 28.3. The lowest BCUT2D eigenvalue weighted by Crippen LogP contribution is -2.29. The predicted molar refractivity (Wildman–Crippen MR) is 84.3 cm³/mol. The van der Waals surface area contributed by atoms with Crippen LogP contribution in [0.25, 0.3) is 11.0 Å². The maximum Gasteiger partial charge on any atom is 0.341 e. The summed E-state index contributed by atoms with van der Waals surface area (Å²) in [6, 6.07) is 0. The molecule has 0 radical (unpaired) electrons. The van der Waals surface area contributed by atoms with Gasteiger partial charge in [-0.2, -0.15) is 0 Å². The minimum Gasteiger partial charge on any atom is -0.477 e. The molecule has 0 amide bonds. The predicted octanol–water partition coefficient (Wildman–Crippen LogP) is 2.53. The molecule has 3 heterocycles. The Kier molecular flexibility index (Phi) is 3.56. The number of rotatable bonds is 2. The molecule has 0 saturated heterocycles.